The van der Waals surface area contributed by atoms with Crippen LogP contribution in [0, 0.1) is 0 Å². The zero-order chi connectivity index (χ0) is 17.6. The van der Waals surface area contributed by atoms with Gasteiger partial charge in [-0.05, 0) is 19.1 Å². The minimum absolute atomic E-state index is 0.0180. The summed E-state index contributed by atoms with van der Waals surface area (Å²) in [5.74, 6) is -0.841. The van der Waals surface area contributed by atoms with E-state index in [1.54, 1.807) is 0 Å². The molecule has 0 aliphatic carbocycles. The molecule has 0 saturated carbocycles. The molecule has 2 rings (SSSR count). The van der Waals surface area contributed by atoms with E-state index in [1.807, 2.05) is 0 Å². The molecule has 1 N–H and O–H groups in total. The molecule has 1 atom stereocenters. The van der Waals surface area contributed by atoms with E-state index in [0.717, 1.165) is 20.0 Å². The summed E-state index contributed by atoms with van der Waals surface area (Å²) >= 11 is 0. The van der Waals surface area contributed by atoms with E-state index in [-0.39, 0.29) is 11.4 Å². The van der Waals surface area contributed by atoms with E-state index in [9.17, 15) is 18.0 Å². The van der Waals surface area contributed by atoms with Crippen molar-refractivity contribution in [2.24, 2.45) is 0 Å². The van der Waals surface area contributed by atoms with Crippen LogP contribution < -0.4 is 10.1 Å². The number of hydrogen-bond acceptors (Lipinski definition) is 5. The topological polar surface area (TPSA) is 63.7 Å². The zero-order valence-corrected chi connectivity index (χ0v) is 13.3. The molecule has 9 heteroatoms. The molecule has 1 unspecified atom stereocenters. The van der Waals surface area contributed by atoms with Gasteiger partial charge in [-0.1, -0.05) is 0 Å². The normalized spacial score (nSPS) is 17.3. The Hall–Kier alpha value is -1.87. The van der Waals surface area contributed by atoms with Crippen molar-refractivity contribution < 1.29 is 27.4 Å². The fourth-order valence-electron chi connectivity index (χ4n) is 2.14. The van der Waals surface area contributed by atoms with Crippen molar-refractivity contribution in [2.45, 2.75) is 19.2 Å². The highest BCUT2D eigenvalue weighted by Crippen LogP contribution is 2.25. The molecule has 0 aromatic carbocycles. The van der Waals surface area contributed by atoms with Crippen molar-refractivity contribution in [3.63, 3.8) is 0 Å². The molecule has 1 fully saturated rings. The summed E-state index contributed by atoms with van der Waals surface area (Å²) in [6.45, 7) is 4.79. The third kappa shape index (κ3) is 5.34. The van der Waals surface area contributed by atoms with Crippen LogP contribution in [0.2, 0.25) is 0 Å². The second-order valence-corrected chi connectivity index (χ2v) is 5.37. The molecule has 0 bridgehead atoms. The quantitative estimate of drug-likeness (QED) is 0.844. The highest BCUT2D eigenvalue weighted by Gasteiger charge is 2.38. The standard InChI is InChI=1S/C15H20F3N3O3/c1-11(15(16,17)18)24-14-12(3-2-4-20-14)13(22)19-5-6-21-7-9-23-10-8-21/h2-4,11H,5-10H2,1H3,(H,19,22). The Morgan fingerprint density at radius 3 is 2.83 bits per heavy atom. The Morgan fingerprint density at radius 2 is 2.17 bits per heavy atom. The SMILES string of the molecule is CC(Oc1ncccc1C(=O)NCCN1CCOCC1)C(F)(F)F. The van der Waals surface area contributed by atoms with Crippen molar-refractivity contribution in [1.82, 2.24) is 15.2 Å². The molecule has 1 aliphatic rings. The monoisotopic (exact) mass is 347 g/mol. The molecule has 0 spiro atoms. The average Bonchev–Trinajstić information content (AvgIpc) is 2.55. The van der Waals surface area contributed by atoms with E-state index < -0.39 is 18.2 Å². The number of nitrogens with one attached hydrogen (secondary N) is 1. The number of amides is 1. The van der Waals surface area contributed by atoms with Gasteiger partial charge in [-0.2, -0.15) is 13.2 Å². The Balaban J connectivity index is 1.91. The lowest BCUT2D eigenvalue weighted by Crippen LogP contribution is -2.41. The fourth-order valence-corrected chi connectivity index (χ4v) is 2.14. The third-order valence-corrected chi connectivity index (χ3v) is 3.58. The summed E-state index contributed by atoms with van der Waals surface area (Å²) in [6.07, 6.45) is -5.29. The first-order valence-electron chi connectivity index (χ1n) is 7.64. The highest BCUT2D eigenvalue weighted by atomic mass is 19.4. The Bertz CT molecular complexity index is 548. The average molecular weight is 347 g/mol. The smallest absolute Gasteiger partial charge is 0.425 e. The van der Waals surface area contributed by atoms with Gasteiger partial charge < -0.3 is 14.8 Å². The molecule has 6 nitrogen and oxygen atoms in total. The van der Waals surface area contributed by atoms with E-state index in [4.69, 9.17) is 9.47 Å². The van der Waals surface area contributed by atoms with Gasteiger partial charge in [0.2, 0.25) is 5.88 Å². The Morgan fingerprint density at radius 1 is 1.46 bits per heavy atom. The van der Waals surface area contributed by atoms with Gasteiger partial charge in [0.25, 0.3) is 5.91 Å². The van der Waals surface area contributed by atoms with Gasteiger partial charge >= 0.3 is 6.18 Å². The number of carbonyl (C=O) groups is 1. The molecule has 1 amide bonds. The zero-order valence-electron chi connectivity index (χ0n) is 13.3. The van der Waals surface area contributed by atoms with Crippen molar-refractivity contribution in [3.05, 3.63) is 23.9 Å². The van der Waals surface area contributed by atoms with Crippen LogP contribution >= 0.6 is 0 Å². The summed E-state index contributed by atoms with van der Waals surface area (Å²) in [6, 6.07) is 2.86. The van der Waals surface area contributed by atoms with Crippen LogP contribution in [-0.2, 0) is 4.74 Å². The van der Waals surface area contributed by atoms with Gasteiger partial charge in [-0.25, -0.2) is 4.98 Å². The van der Waals surface area contributed by atoms with Crippen LogP contribution in [0.1, 0.15) is 17.3 Å². The van der Waals surface area contributed by atoms with Crippen LogP contribution in [0.5, 0.6) is 5.88 Å². The van der Waals surface area contributed by atoms with Crippen LogP contribution in [-0.4, -0.2) is 67.5 Å². The van der Waals surface area contributed by atoms with Gasteiger partial charge in [0.1, 0.15) is 5.56 Å². The number of carbonyl (C=O) groups excluding carboxylic acids is 1. The summed E-state index contributed by atoms with van der Waals surface area (Å²) in [5, 5.41) is 2.68. The van der Waals surface area contributed by atoms with Gasteiger partial charge in [0, 0.05) is 32.4 Å². The van der Waals surface area contributed by atoms with Crippen molar-refractivity contribution in [2.75, 3.05) is 39.4 Å². The first-order chi connectivity index (χ1) is 11.4. The minimum Gasteiger partial charge on any atom is -0.464 e. The first-order valence-corrected chi connectivity index (χ1v) is 7.64. The molecule has 134 valence electrons. The first kappa shape index (κ1) is 18.5. The summed E-state index contributed by atoms with van der Waals surface area (Å²) < 4.78 is 47.9. The number of nitrogens with zero attached hydrogens (tertiary/aromatic N) is 2. The second kappa shape index (κ2) is 8.29. The molecule has 1 aromatic rings. The number of alkyl halides is 3. The fraction of sp³-hybridized carbons (Fsp3) is 0.600. The molecule has 24 heavy (non-hydrogen) atoms. The van der Waals surface area contributed by atoms with E-state index in [1.165, 1.54) is 18.3 Å². The maximum Gasteiger partial charge on any atom is 0.425 e. The number of aromatic nitrogens is 1. The molecule has 2 heterocycles. The Kier molecular flexibility index (Phi) is 6.38. The van der Waals surface area contributed by atoms with E-state index in [0.29, 0.717) is 26.3 Å². The van der Waals surface area contributed by atoms with Crippen molar-refractivity contribution in [3.8, 4) is 5.88 Å². The number of ether oxygens (including phenoxy) is 2. The molecule has 1 aliphatic heterocycles. The highest BCUT2D eigenvalue weighted by molar-refractivity contribution is 5.96. The lowest BCUT2D eigenvalue weighted by atomic mass is 10.2. The van der Waals surface area contributed by atoms with Gasteiger partial charge in [0.05, 0.1) is 13.2 Å². The van der Waals surface area contributed by atoms with Crippen molar-refractivity contribution in [1.29, 1.82) is 0 Å². The van der Waals surface area contributed by atoms with Gasteiger partial charge in [-0.3, -0.25) is 9.69 Å². The number of halogens is 3. The predicted molar refractivity (Wildman–Crippen MR) is 80.0 cm³/mol. The van der Waals surface area contributed by atoms with Gasteiger partial charge in [0.15, 0.2) is 6.10 Å². The summed E-state index contributed by atoms with van der Waals surface area (Å²) in [5.41, 5.74) is -0.0180. The Labute approximate surface area is 137 Å². The second-order valence-electron chi connectivity index (χ2n) is 5.37. The summed E-state index contributed by atoms with van der Waals surface area (Å²) in [7, 11) is 0. The molecule has 0 radical (unpaired) electrons. The van der Waals surface area contributed by atoms with Crippen LogP contribution in [0.4, 0.5) is 13.2 Å². The number of rotatable bonds is 6. The maximum absolute atomic E-state index is 12.6. The number of pyridine rings is 1. The van der Waals surface area contributed by atoms with Crippen LogP contribution in [0.25, 0.3) is 0 Å². The van der Waals surface area contributed by atoms with Crippen molar-refractivity contribution >= 4 is 5.91 Å². The maximum atomic E-state index is 12.6. The molecular formula is C15H20F3N3O3. The van der Waals surface area contributed by atoms with Crippen LogP contribution in [0.15, 0.2) is 18.3 Å². The minimum atomic E-state index is -4.53. The van der Waals surface area contributed by atoms with Gasteiger partial charge in [-0.15, -0.1) is 0 Å². The van der Waals surface area contributed by atoms with E-state index in [2.05, 4.69) is 15.2 Å². The predicted octanol–water partition coefficient (Wildman–Crippen LogP) is 1.47. The lowest BCUT2D eigenvalue weighted by molar-refractivity contribution is -0.190. The molecule has 1 saturated heterocycles. The summed E-state index contributed by atoms with van der Waals surface area (Å²) in [4.78, 5) is 18.1. The number of hydrogen-bond donors (Lipinski definition) is 1. The van der Waals surface area contributed by atoms with E-state index >= 15 is 0 Å². The third-order valence-electron chi connectivity index (χ3n) is 3.58. The number of morpholine rings is 1. The molecular weight excluding hydrogens is 327 g/mol. The van der Waals surface area contributed by atoms with Crippen LogP contribution in [0.3, 0.4) is 0 Å². The lowest BCUT2D eigenvalue weighted by Gasteiger charge is -2.26. The largest absolute Gasteiger partial charge is 0.464 e. The molecule has 1 aromatic heterocycles.